The summed E-state index contributed by atoms with van der Waals surface area (Å²) in [6.45, 7) is 9.04. The highest BCUT2D eigenvalue weighted by Gasteiger charge is 2.36. The summed E-state index contributed by atoms with van der Waals surface area (Å²) < 4.78 is 2.10. The third-order valence-corrected chi connectivity index (χ3v) is 4.73. The first-order chi connectivity index (χ1) is 9.69. The largest absolute Gasteiger partial charge is 0.309 e. The van der Waals surface area contributed by atoms with Crippen LogP contribution in [0.5, 0.6) is 0 Å². The summed E-state index contributed by atoms with van der Waals surface area (Å²) in [5.41, 5.74) is 1.78. The number of aromatic nitrogens is 2. The van der Waals surface area contributed by atoms with Gasteiger partial charge in [0.1, 0.15) is 0 Å². The lowest BCUT2D eigenvalue weighted by atomic mass is 9.69. The van der Waals surface area contributed by atoms with Crippen LogP contribution in [0.1, 0.15) is 77.3 Å². The molecule has 0 spiro atoms. The van der Waals surface area contributed by atoms with Gasteiger partial charge in [0.2, 0.25) is 0 Å². The molecule has 2 rings (SSSR count). The van der Waals surface area contributed by atoms with E-state index in [9.17, 15) is 0 Å². The first-order valence-electron chi connectivity index (χ1n) is 8.45. The Morgan fingerprint density at radius 2 is 2.00 bits per heavy atom. The second kappa shape index (κ2) is 7.26. The number of nitrogens with one attached hydrogen (secondary N) is 1. The van der Waals surface area contributed by atoms with Crippen LogP contribution in [-0.2, 0) is 6.54 Å². The Bertz CT molecular complexity index is 391. The van der Waals surface area contributed by atoms with E-state index >= 15 is 0 Å². The SMILES string of the molecule is CCCNC(c1cnn(CCC)c1)C1(C)CCCCC1. The van der Waals surface area contributed by atoms with Crippen molar-refractivity contribution in [3.63, 3.8) is 0 Å². The molecule has 0 radical (unpaired) electrons. The van der Waals surface area contributed by atoms with Crippen molar-refractivity contribution in [3.8, 4) is 0 Å². The topological polar surface area (TPSA) is 29.9 Å². The van der Waals surface area contributed by atoms with Gasteiger partial charge in [-0.25, -0.2) is 0 Å². The van der Waals surface area contributed by atoms with E-state index in [4.69, 9.17) is 0 Å². The summed E-state index contributed by atoms with van der Waals surface area (Å²) in [5, 5.41) is 8.34. The molecule has 1 aromatic heterocycles. The zero-order valence-electron chi connectivity index (χ0n) is 13.5. The zero-order chi connectivity index (χ0) is 14.4. The van der Waals surface area contributed by atoms with Gasteiger partial charge in [0, 0.05) is 24.3 Å². The van der Waals surface area contributed by atoms with Gasteiger partial charge < -0.3 is 5.32 Å². The van der Waals surface area contributed by atoms with Gasteiger partial charge in [-0.15, -0.1) is 0 Å². The van der Waals surface area contributed by atoms with Crippen LogP contribution in [0.3, 0.4) is 0 Å². The highest BCUT2D eigenvalue weighted by atomic mass is 15.3. The predicted octanol–water partition coefficient (Wildman–Crippen LogP) is 4.30. The van der Waals surface area contributed by atoms with Gasteiger partial charge in [-0.3, -0.25) is 4.68 Å². The normalized spacial score (nSPS) is 19.9. The maximum atomic E-state index is 4.54. The molecule has 1 fully saturated rings. The Morgan fingerprint density at radius 1 is 1.25 bits per heavy atom. The van der Waals surface area contributed by atoms with E-state index in [1.807, 2.05) is 0 Å². The van der Waals surface area contributed by atoms with Crippen LogP contribution >= 0.6 is 0 Å². The van der Waals surface area contributed by atoms with E-state index in [0.29, 0.717) is 11.5 Å². The minimum atomic E-state index is 0.396. The molecule has 1 aromatic rings. The predicted molar refractivity (Wildman–Crippen MR) is 84.7 cm³/mol. The molecule has 3 nitrogen and oxygen atoms in total. The molecule has 0 aliphatic heterocycles. The van der Waals surface area contributed by atoms with Crippen LogP contribution < -0.4 is 5.32 Å². The summed E-state index contributed by atoms with van der Waals surface area (Å²) >= 11 is 0. The Kier molecular flexibility index (Phi) is 5.64. The zero-order valence-corrected chi connectivity index (χ0v) is 13.5. The first kappa shape index (κ1) is 15.6. The maximum Gasteiger partial charge on any atom is 0.0537 e. The van der Waals surface area contributed by atoms with E-state index < -0.39 is 0 Å². The lowest BCUT2D eigenvalue weighted by Gasteiger charge is -2.41. The fraction of sp³-hybridized carbons (Fsp3) is 0.824. The summed E-state index contributed by atoms with van der Waals surface area (Å²) in [6.07, 6.45) is 13.5. The molecule has 1 heterocycles. The summed E-state index contributed by atoms with van der Waals surface area (Å²) in [6, 6.07) is 0.466. The van der Waals surface area contributed by atoms with Crippen LogP contribution in [-0.4, -0.2) is 16.3 Å². The van der Waals surface area contributed by atoms with Crippen molar-refractivity contribution >= 4 is 0 Å². The highest BCUT2D eigenvalue weighted by molar-refractivity contribution is 5.15. The average molecular weight is 277 g/mol. The molecule has 0 saturated heterocycles. The Balaban J connectivity index is 2.16. The summed E-state index contributed by atoms with van der Waals surface area (Å²) in [7, 11) is 0. The van der Waals surface area contributed by atoms with Crippen molar-refractivity contribution in [3.05, 3.63) is 18.0 Å². The van der Waals surface area contributed by atoms with Crippen LogP contribution in [0.25, 0.3) is 0 Å². The van der Waals surface area contributed by atoms with Crippen molar-refractivity contribution in [1.29, 1.82) is 0 Å². The minimum Gasteiger partial charge on any atom is -0.309 e. The second-order valence-corrected chi connectivity index (χ2v) is 6.64. The molecule has 20 heavy (non-hydrogen) atoms. The molecule has 0 bridgehead atoms. The monoisotopic (exact) mass is 277 g/mol. The third kappa shape index (κ3) is 3.63. The molecule has 1 N–H and O–H groups in total. The number of aryl methyl sites for hydroxylation is 1. The molecule has 1 aliphatic carbocycles. The van der Waals surface area contributed by atoms with Crippen molar-refractivity contribution in [2.75, 3.05) is 6.54 Å². The molecule has 3 heteroatoms. The minimum absolute atomic E-state index is 0.396. The van der Waals surface area contributed by atoms with Gasteiger partial charge in [-0.05, 0) is 37.6 Å². The van der Waals surface area contributed by atoms with Crippen molar-refractivity contribution in [2.45, 2.75) is 78.3 Å². The van der Waals surface area contributed by atoms with Crippen LogP contribution in [0.4, 0.5) is 0 Å². The third-order valence-electron chi connectivity index (χ3n) is 4.73. The maximum absolute atomic E-state index is 4.54. The van der Waals surface area contributed by atoms with Gasteiger partial charge >= 0.3 is 0 Å². The van der Waals surface area contributed by atoms with Crippen molar-refractivity contribution in [2.24, 2.45) is 5.41 Å². The van der Waals surface area contributed by atoms with Gasteiger partial charge in [0.25, 0.3) is 0 Å². The Morgan fingerprint density at radius 3 is 2.65 bits per heavy atom. The Labute approximate surface area is 124 Å². The van der Waals surface area contributed by atoms with E-state index in [0.717, 1.165) is 19.5 Å². The summed E-state index contributed by atoms with van der Waals surface area (Å²) in [5.74, 6) is 0. The van der Waals surface area contributed by atoms with Gasteiger partial charge in [-0.2, -0.15) is 5.10 Å². The Hall–Kier alpha value is -0.830. The molecule has 1 aliphatic rings. The van der Waals surface area contributed by atoms with Crippen LogP contribution in [0, 0.1) is 5.41 Å². The van der Waals surface area contributed by atoms with Gasteiger partial charge in [0.05, 0.1) is 6.20 Å². The first-order valence-corrected chi connectivity index (χ1v) is 8.45. The van der Waals surface area contributed by atoms with Crippen molar-refractivity contribution in [1.82, 2.24) is 15.1 Å². The van der Waals surface area contributed by atoms with E-state index in [1.54, 1.807) is 0 Å². The standard InChI is InChI=1S/C17H31N3/c1-4-11-18-16(17(3)9-7-6-8-10-17)15-13-19-20(14-15)12-5-2/h13-14,16,18H,4-12H2,1-3H3. The van der Waals surface area contributed by atoms with E-state index in [-0.39, 0.29) is 0 Å². The van der Waals surface area contributed by atoms with Crippen molar-refractivity contribution < 1.29 is 0 Å². The smallest absolute Gasteiger partial charge is 0.0537 e. The number of hydrogen-bond donors (Lipinski definition) is 1. The van der Waals surface area contributed by atoms with Gasteiger partial charge in [0.15, 0.2) is 0 Å². The van der Waals surface area contributed by atoms with Crippen LogP contribution in [0.2, 0.25) is 0 Å². The molecule has 1 saturated carbocycles. The number of rotatable bonds is 7. The highest BCUT2D eigenvalue weighted by Crippen LogP contribution is 2.45. The number of nitrogens with zero attached hydrogens (tertiary/aromatic N) is 2. The molecule has 1 unspecified atom stereocenters. The number of hydrogen-bond acceptors (Lipinski definition) is 2. The fourth-order valence-corrected chi connectivity index (χ4v) is 3.58. The van der Waals surface area contributed by atoms with Gasteiger partial charge in [-0.1, -0.05) is 40.0 Å². The molecule has 0 amide bonds. The lowest BCUT2D eigenvalue weighted by molar-refractivity contribution is 0.144. The average Bonchev–Trinajstić information content (AvgIpc) is 2.89. The summed E-state index contributed by atoms with van der Waals surface area (Å²) in [4.78, 5) is 0. The van der Waals surface area contributed by atoms with Crippen LogP contribution in [0.15, 0.2) is 12.4 Å². The molecular weight excluding hydrogens is 246 g/mol. The molecule has 1 atom stereocenters. The second-order valence-electron chi connectivity index (χ2n) is 6.64. The molecule has 0 aromatic carbocycles. The van der Waals surface area contributed by atoms with E-state index in [2.05, 4.69) is 48.3 Å². The van der Waals surface area contributed by atoms with E-state index in [1.165, 1.54) is 44.1 Å². The molecule has 114 valence electrons. The fourth-order valence-electron chi connectivity index (χ4n) is 3.58. The lowest BCUT2D eigenvalue weighted by Crippen LogP contribution is -2.38. The quantitative estimate of drug-likeness (QED) is 0.805. The molecular formula is C17H31N3.